The van der Waals surface area contributed by atoms with Gasteiger partial charge in [-0.1, -0.05) is 41.7 Å². The molecule has 3 aromatic rings. The van der Waals surface area contributed by atoms with Crippen LogP contribution in [0, 0.1) is 6.92 Å². The van der Waals surface area contributed by atoms with Gasteiger partial charge in [0.1, 0.15) is 10.8 Å². The van der Waals surface area contributed by atoms with Crippen molar-refractivity contribution in [3.63, 3.8) is 0 Å². The third-order valence-corrected chi connectivity index (χ3v) is 3.84. The Morgan fingerprint density at radius 3 is 2.58 bits per heavy atom. The summed E-state index contributed by atoms with van der Waals surface area (Å²) in [6.07, 6.45) is 0. The lowest BCUT2D eigenvalue weighted by molar-refractivity contribution is 0.547. The SMILES string of the molecule is Cc1ccc(-c2nnc(C(N)c3ccccc3)s2)o1. The lowest BCUT2D eigenvalue weighted by atomic mass is 10.1. The topological polar surface area (TPSA) is 64.9 Å². The van der Waals surface area contributed by atoms with Crippen molar-refractivity contribution in [1.29, 1.82) is 0 Å². The van der Waals surface area contributed by atoms with Crippen LogP contribution in [0.2, 0.25) is 0 Å². The van der Waals surface area contributed by atoms with E-state index in [1.54, 1.807) is 0 Å². The first kappa shape index (κ1) is 12.1. The van der Waals surface area contributed by atoms with Crippen molar-refractivity contribution in [2.75, 3.05) is 0 Å². The van der Waals surface area contributed by atoms with Crippen molar-refractivity contribution >= 4 is 11.3 Å². The Kier molecular flexibility index (Phi) is 3.15. The van der Waals surface area contributed by atoms with E-state index in [1.807, 2.05) is 49.4 Å². The maximum Gasteiger partial charge on any atom is 0.183 e. The zero-order chi connectivity index (χ0) is 13.2. The molecule has 0 saturated carbocycles. The van der Waals surface area contributed by atoms with Crippen molar-refractivity contribution in [2.24, 2.45) is 5.73 Å². The molecule has 0 bridgehead atoms. The minimum absolute atomic E-state index is 0.247. The lowest BCUT2D eigenvalue weighted by Crippen LogP contribution is -2.11. The van der Waals surface area contributed by atoms with Crippen LogP contribution < -0.4 is 5.73 Å². The molecule has 1 aromatic carbocycles. The standard InChI is InChI=1S/C14H13N3OS/c1-9-7-8-11(18-9)13-16-17-14(19-13)12(15)10-5-3-2-4-6-10/h2-8,12H,15H2,1H3. The van der Waals surface area contributed by atoms with Crippen molar-refractivity contribution in [3.8, 4) is 10.8 Å². The van der Waals surface area contributed by atoms with E-state index in [4.69, 9.17) is 10.2 Å². The van der Waals surface area contributed by atoms with E-state index in [1.165, 1.54) is 11.3 Å². The summed E-state index contributed by atoms with van der Waals surface area (Å²) in [5.41, 5.74) is 7.22. The summed E-state index contributed by atoms with van der Waals surface area (Å²) < 4.78 is 5.54. The van der Waals surface area contributed by atoms with Gasteiger partial charge in [0.05, 0.1) is 6.04 Å². The third kappa shape index (κ3) is 2.43. The summed E-state index contributed by atoms with van der Waals surface area (Å²) in [4.78, 5) is 0. The van der Waals surface area contributed by atoms with Gasteiger partial charge in [0, 0.05) is 0 Å². The van der Waals surface area contributed by atoms with Crippen LogP contribution in [-0.2, 0) is 0 Å². The van der Waals surface area contributed by atoms with E-state index in [-0.39, 0.29) is 6.04 Å². The van der Waals surface area contributed by atoms with E-state index in [0.29, 0.717) is 0 Å². The van der Waals surface area contributed by atoms with Gasteiger partial charge in [-0.15, -0.1) is 10.2 Å². The first-order valence-electron chi connectivity index (χ1n) is 5.95. The summed E-state index contributed by atoms with van der Waals surface area (Å²) >= 11 is 1.46. The molecule has 1 unspecified atom stereocenters. The molecule has 4 nitrogen and oxygen atoms in total. The first-order chi connectivity index (χ1) is 9.24. The summed E-state index contributed by atoms with van der Waals surface area (Å²) in [7, 11) is 0. The highest BCUT2D eigenvalue weighted by Crippen LogP contribution is 2.29. The Hall–Kier alpha value is -1.98. The molecule has 96 valence electrons. The maximum atomic E-state index is 6.19. The van der Waals surface area contributed by atoms with Crippen LogP contribution in [0.3, 0.4) is 0 Å². The predicted octanol–water partition coefficient (Wildman–Crippen LogP) is 3.15. The number of furan rings is 1. The Balaban J connectivity index is 1.89. The molecule has 2 aromatic heterocycles. The molecule has 0 fully saturated rings. The lowest BCUT2D eigenvalue weighted by Gasteiger charge is -2.06. The number of benzene rings is 1. The zero-order valence-electron chi connectivity index (χ0n) is 10.4. The van der Waals surface area contributed by atoms with Crippen molar-refractivity contribution in [1.82, 2.24) is 10.2 Å². The van der Waals surface area contributed by atoms with Crippen LogP contribution in [0.15, 0.2) is 46.9 Å². The van der Waals surface area contributed by atoms with E-state index in [9.17, 15) is 0 Å². The molecule has 19 heavy (non-hydrogen) atoms. The molecule has 0 aliphatic carbocycles. The molecule has 0 aliphatic heterocycles. The number of hydrogen-bond donors (Lipinski definition) is 1. The highest BCUT2D eigenvalue weighted by molar-refractivity contribution is 7.14. The average molecular weight is 271 g/mol. The van der Waals surface area contributed by atoms with Gasteiger partial charge < -0.3 is 10.2 Å². The molecule has 5 heteroatoms. The van der Waals surface area contributed by atoms with Crippen LogP contribution in [0.4, 0.5) is 0 Å². The maximum absolute atomic E-state index is 6.19. The molecular weight excluding hydrogens is 258 g/mol. The highest BCUT2D eigenvalue weighted by atomic mass is 32.1. The average Bonchev–Trinajstić information content (AvgIpc) is 3.07. The Labute approximate surface area is 114 Å². The second-order valence-electron chi connectivity index (χ2n) is 4.24. The highest BCUT2D eigenvalue weighted by Gasteiger charge is 2.16. The van der Waals surface area contributed by atoms with Gasteiger partial charge in [-0.3, -0.25) is 0 Å². The van der Waals surface area contributed by atoms with E-state index in [0.717, 1.165) is 27.1 Å². The quantitative estimate of drug-likeness (QED) is 0.794. The van der Waals surface area contributed by atoms with Gasteiger partial charge in [0.2, 0.25) is 0 Å². The molecule has 0 saturated heterocycles. The van der Waals surface area contributed by atoms with Crippen molar-refractivity contribution in [3.05, 3.63) is 58.8 Å². The molecule has 1 atom stereocenters. The fraction of sp³-hybridized carbons (Fsp3) is 0.143. The fourth-order valence-corrected chi connectivity index (χ4v) is 2.65. The zero-order valence-corrected chi connectivity index (χ0v) is 11.2. The van der Waals surface area contributed by atoms with Gasteiger partial charge in [0.15, 0.2) is 10.8 Å². The third-order valence-electron chi connectivity index (χ3n) is 2.82. The number of hydrogen-bond acceptors (Lipinski definition) is 5. The monoisotopic (exact) mass is 271 g/mol. The van der Waals surface area contributed by atoms with E-state index in [2.05, 4.69) is 10.2 Å². The molecule has 0 amide bonds. The van der Waals surface area contributed by atoms with Crippen LogP contribution in [-0.4, -0.2) is 10.2 Å². The van der Waals surface area contributed by atoms with Crippen molar-refractivity contribution in [2.45, 2.75) is 13.0 Å². The molecule has 0 spiro atoms. The van der Waals surface area contributed by atoms with Gasteiger partial charge in [-0.2, -0.15) is 0 Å². The van der Waals surface area contributed by atoms with Crippen LogP contribution >= 0.6 is 11.3 Å². The fourth-order valence-electron chi connectivity index (χ4n) is 1.81. The van der Waals surface area contributed by atoms with Gasteiger partial charge in [-0.05, 0) is 24.6 Å². The Morgan fingerprint density at radius 1 is 1.11 bits per heavy atom. The summed E-state index contributed by atoms with van der Waals surface area (Å²) in [6.45, 7) is 1.90. The second kappa shape index (κ2) is 4.95. The number of nitrogens with two attached hydrogens (primary N) is 1. The minimum atomic E-state index is -0.247. The predicted molar refractivity (Wildman–Crippen MR) is 74.8 cm³/mol. The molecule has 2 N–H and O–H groups in total. The van der Waals surface area contributed by atoms with Crippen LogP contribution in [0.1, 0.15) is 22.4 Å². The molecule has 0 aliphatic rings. The smallest absolute Gasteiger partial charge is 0.183 e. The number of nitrogens with zero attached hydrogens (tertiary/aromatic N) is 2. The van der Waals surface area contributed by atoms with E-state index < -0.39 is 0 Å². The summed E-state index contributed by atoms with van der Waals surface area (Å²) in [5, 5.41) is 9.85. The number of rotatable bonds is 3. The minimum Gasteiger partial charge on any atom is -0.459 e. The van der Waals surface area contributed by atoms with Crippen LogP contribution in [0.5, 0.6) is 0 Å². The first-order valence-corrected chi connectivity index (χ1v) is 6.76. The van der Waals surface area contributed by atoms with Gasteiger partial charge >= 0.3 is 0 Å². The molecule has 2 heterocycles. The Bertz CT molecular complexity index is 675. The van der Waals surface area contributed by atoms with Gasteiger partial charge in [-0.25, -0.2) is 0 Å². The molecule has 0 radical (unpaired) electrons. The number of aryl methyl sites for hydroxylation is 1. The summed E-state index contributed by atoms with van der Waals surface area (Å²) in [6, 6.07) is 13.4. The van der Waals surface area contributed by atoms with Crippen molar-refractivity contribution < 1.29 is 4.42 Å². The summed E-state index contributed by atoms with van der Waals surface area (Å²) in [5.74, 6) is 1.60. The normalized spacial score (nSPS) is 12.5. The largest absolute Gasteiger partial charge is 0.459 e. The second-order valence-corrected chi connectivity index (χ2v) is 5.25. The van der Waals surface area contributed by atoms with E-state index >= 15 is 0 Å². The van der Waals surface area contributed by atoms with Gasteiger partial charge in [0.25, 0.3) is 0 Å². The molecular formula is C14H13N3OS. The van der Waals surface area contributed by atoms with Crippen LogP contribution in [0.25, 0.3) is 10.8 Å². The molecule has 3 rings (SSSR count). The number of aromatic nitrogens is 2. The Morgan fingerprint density at radius 2 is 1.89 bits per heavy atom.